The lowest BCUT2D eigenvalue weighted by molar-refractivity contribution is -0.140. The predicted octanol–water partition coefficient (Wildman–Crippen LogP) is 2.03. The van der Waals surface area contributed by atoms with E-state index in [-0.39, 0.29) is 18.4 Å². The quantitative estimate of drug-likeness (QED) is 0.763. The van der Waals surface area contributed by atoms with Gasteiger partial charge in [-0.25, -0.2) is 0 Å². The number of rotatable bonds is 6. The van der Waals surface area contributed by atoms with Gasteiger partial charge >= 0.3 is 0 Å². The molecule has 7 nitrogen and oxygen atoms in total. The van der Waals surface area contributed by atoms with Crippen LogP contribution in [0.15, 0.2) is 36.7 Å². The lowest BCUT2D eigenvalue weighted by Gasteiger charge is -2.31. The third-order valence-electron chi connectivity index (χ3n) is 4.96. The molecular formula is C21H25N3O4. The van der Waals surface area contributed by atoms with E-state index >= 15 is 0 Å². The Bertz CT molecular complexity index is 854. The molecule has 28 heavy (non-hydrogen) atoms. The lowest BCUT2D eigenvalue weighted by atomic mass is 9.98. The highest BCUT2D eigenvalue weighted by molar-refractivity contribution is 5.84. The van der Waals surface area contributed by atoms with Gasteiger partial charge in [-0.2, -0.15) is 0 Å². The average molecular weight is 383 g/mol. The molecule has 0 radical (unpaired) electrons. The van der Waals surface area contributed by atoms with Crippen LogP contribution in [0.5, 0.6) is 11.5 Å². The van der Waals surface area contributed by atoms with E-state index in [0.717, 1.165) is 23.1 Å². The van der Waals surface area contributed by atoms with E-state index in [9.17, 15) is 9.59 Å². The Hall–Kier alpha value is -3.09. The fraction of sp³-hybridized carbons (Fsp3) is 0.381. The Morgan fingerprint density at radius 1 is 1.11 bits per heavy atom. The smallest absolute Gasteiger partial charge is 0.242 e. The Morgan fingerprint density at radius 2 is 1.75 bits per heavy atom. The van der Waals surface area contributed by atoms with Crippen LogP contribution >= 0.6 is 0 Å². The van der Waals surface area contributed by atoms with E-state index in [2.05, 4.69) is 4.98 Å². The second-order valence-electron chi connectivity index (χ2n) is 6.77. The number of fused-ring (bicyclic) bond motifs is 1. The van der Waals surface area contributed by atoms with Crippen molar-refractivity contribution in [3.05, 3.63) is 53.3 Å². The molecule has 148 valence electrons. The molecule has 0 spiro atoms. The minimum absolute atomic E-state index is 0.0558. The molecule has 1 aliphatic heterocycles. The molecule has 2 heterocycles. The summed E-state index contributed by atoms with van der Waals surface area (Å²) in [7, 11) is 3.21. The van der Waals surface area contributed by atoms with E-state index in [4.69, 9.17) is 9.47 Å². The number of ether oxygens (including phenoxy) is 2. The van der Waals surface area contributed by atoms with Crippen LogP contribution in [-0.2, 0) is 29.1 Å². The van der Waals surface area contributed by atoms with Gasteiger partial charge in [0.05, 0.1) is 14.2 Å². The van der Waals surface area contributed by atoms with Crippen molar-refractivity contribution in [2.75, 3.05) is 27.3 Å². The molecule has 0 saturated carbocycles. The van der Waals surface area contributed by atoms with Crippen LogP contribution in [-0.4, -0.2) is 53.9 Å². The largest absolute Gasteiger partial charge is 0.493 e. The summed E-state index contributed by atoms with van der Waals surface area (Å²) in [5.74, 6) is 1.15. The summed E-state index contributed by atoms with van der Waals surface area (Å²) in [6, 6.07) is 7.59. The van der Waals surface area contributed by atoms with Crippen molar-refractivity contribution in [2.45, 2.75) is 26.4 Å². The SMILES string of the molecule is COc1cc2c(cc1OC)CN(C(=O)CN(Cc1ccncc1)C(C)=O)CC2. The molecule has 0 fully saturated rings. The highest BCUT2D eigenvalue weighted by atomic mass is 16.5. The number of pyridine rings is 1. The van der Waals surface area contributed by atoms with Crippen LogP contribution in [0.2, 0.25) is 0 Å². The standard InChI is InChI=1S/C21H25N3O4/c1-15(25)24(12-16-4-7-22-8-5-16)14-21(26)23-9-6-17-10-19(27-2)20(28-3)11-18(17)13-23/h4-5,7-8,10-11H,6,9,12-14H2,1-3H3. The third-order valence-corrected chi connectivity index (χ3v) is 4.96. The normalized spacial score (nSPS) is 12.9. The molecule has 0 aliphatic carbocycles. The van der Waals surface area contributed by atoms with Gasteiger partial charge < -0.3 is 19.3 Å². The molecule has 0 atom stereocenters. The van der Waals surface area contributed by atoms with Gasteiger partial charge in [-0.1, -0.05) is 0 Å². The molecule has 0 bridgehead atoms. The second-order valence-corrected chi connectivity index (χ2v) is 6.77. The minimum atomic E-state index is -0.131. The Balaban J connectivity index is 1.70. The molecule has 7 heteroatoms. The van der Waals surface area contributed by atoms with E-state index in [1.807, 2.05) is 24.3 Å². The van der Waals surface area contributed by atoms with Crippen LogP contribution < -0.4 is 9.47 Å². The lowest BCUT2D eigenvalue weighted by Crippen LogP contribution is -2.43. The van der Waals surface area contributed by atoms with E-state index in [0.29, 0.717) is 31.1 Å². The number of hydrogen-bond acceptors (Lipinski definition) is 5. The second kappa shape index (κ2) is 8.73. The maximum Gasteiger partial charge on any atom is 0.242 e. The first-order valence-electron chi connectivity index (χ1n) is 9.17. The van der Waals surface area contributed by atoms with Gasteiger partial charge in [0.1, 0.15) is 6.54 Å². The fourth-order valence-corrected chi connectivity index (χ4v) is 3.35. The van der Waals surface area contributed by atoms with Crippen LogP contribution in [0.3, 0.4) is 0 Å². The number of hydrogen-bond donors (Lipinski definition) is 0. The minimum Gasteiger partial charge on any atom is -0.493 e. The van der Waals surface area contributed by atoms with Crippen LogP contribution in [0.25, 0.3) is 0 Å². The van der Waals surface area contributed by atoms with Crippen molar-refractivity contribution in [2.24, 2.45) is 0 Å². The number of amides is 2. The summed E-state index contributed by atoms with van der Waals surface area (Å²) in [5, 5.41) is 0. The summed E-state index contributed by atoms with van der Waals surface area (Å²) >= 11 is 0. The molecular weight excluding hydrogens is 358 g/mol. The first-order chi connectivity index (χ1) is 13.5. The van der Waals surface area contributed by atoms with E-state index in [1.54, 1.807) is 36.4 Å². The Morgan fingerprint density at radius 3 is 2.36 bits per heavy atom. The van der Waals surface area contributed by atoms with E-state index < -0.39 is 0 Å². The summed E-state index contributed by atoms with van der Waals surface area (Å²) in [4.78, 5) is 32.2. The van der Waals surface area contributed by atoms with Crippen molar-refractivity contribution >= 4 is 11.8 Å². The van der Waals surface area contributed by atoms with Gasteiger partial charge in [0.25, 0.3) is 0 Å². The summed E-state index contributed by atoms with van der Waals surface area (Å²) < 4.78 is 10.7. The van der Waals surface area contributed by atoms with Crippen molar-refractivity contribution < 1.29 is 19.1 Å². The molecule has 1 aromatic carbocycles. The highest BCUT2D eigenvalue weighted by Gasteiger charge is 2.25. The van der Waals surface area contributed by atoms with Gasteiger partial charge in [-0.3, -0.25) is 14.6 Å². The van der Waals surface area contributed by atoms with Crippen molar-refractivity contribution in [3.8, 4) is 11.5 Å². The Kier molecular flexibility index (Phi) is 6.13. The zero-order valence-corrected chi connectivity index (χ0v) is 16.5. The molecule has 2 aromatic rings. The van der Waals surface area contributed by atoms with Crippen LogP contribution in [0, 0.1) is 0 Å². The molecule has 3 rings (SSSR count). The summed E-state index contributed by atoms with van der Waals surface area (Å²) in [6.07, 6.45) is 4.10. The highest BCUT2D eigenvalue weighted by Crippen LogP contribution is 2.33. The van der Waals surface area contributed by atoms with Gasteiger partial charge in [0.2, 0.25) is 11.8 Å². The first-order valence-corrected chi connectivity index (χ1v) is 9.17. The number of nitrogens with zero attached hydrogens (tertiary/aromatic N) is 3. The number of methoxy groups -OCH3 is 2. The summed E-state index contributed by atoms with van der Waals surface area (Å²) in [5.41, 5.74) is 3.14. The van der Waals surface area contributed by atoms with Crippen LogP contribution in [0.4, 0.5) is 0 Å². The van der Waals surface area contributed by atoms with Crippen molar-refractivity contribution in [1.82, 2.24) is 14.8 Å². The molecule has 0 unspecified atom stereocenters. The molecule has 2 amide bonds. The third kappa shape index (κ3) is 4.42. The molecule has 1 aliphatic rings. The van der Waals surface area contributed by atoms with Gasteiger partial charge in [-0.05, 0) is 47.4 Å². The zero-order valence-electron chi connectivity index (χ0n) is 16.5. The molecule has 1 aromatic heterocycles. The summed E-state index contributed by atoms with van der Waals surface area (Å²) in [6.45, 7) is 3.04. The first kappa shape index (κ1) is 19.7. The molecule has 0 saturated heterocycles. The average Bonchev–Trinajstić information content (AvgIpc) is 2.72. The zero-order chi connectivity index (χ0) is 20.1. The van der Waals surface area contributed by atoms with Gasteiger partial charge in [0, 0.05) is 39.0 Å². The monoisotopic (exact) mass is 383 g/mol. The fourth-order valence-electron chi connectivity index (χ4n) is 3.35. The van der Waals surface area contributed by atoms with Crippen molar-refractivity contribution in [3.63, 3.8) is 0 Å². The number of benzene rings is 1. The van der Waals surface area contributed by atoms with Gasteiger partial charge in [0.15, 0.2) is 11.5 Å². The van der Waals surface area contributed by atoms with Crippen LogP contribution in [0.1, 0.15) is 23.6 Å². The van der Waals surface area contributed by atoms with Gasteiger partial charge in [-0.15, -0.1) is 0 Å². The Labute approximate surface area is 164 Å². The number of aromatic nitrogens is 1. The predicted molar refractivity (Wildman–Crippen MR) is 104 cm³/mol. The van der Waals surface area contributed by atoms with Crippen molar-refractivity contribution in [1.29, 1.82) is 0 Å². The maximum atomic E-state index is 12.9. The topological polar surface area (TPSA) is 72.0 Å². The number of carbonyl (C=O) groups excluding carboxylic acids is 2. The number of carbonyl (C=O) groups is 2. The van der Waals surface area contributed by atoms with E-state index in [1.165, 1.54) is 6.92 Å². The molecule has 0 N–H and O–H groups in total. The maximum absolute atomic E-state index is 12.9.